The molecule has 0 bridgehead atoms. The van der Waals surface area contributed by atoms with Gasteiger partial charge in [-0.3, -0.25) is 4.90 Å². The minimum atomic E-state index is -0.0730. The number of aliphatic hydroxyl groups is 1. The van der Waals surface area contributed by atoms with Crippen LogP contribution >= 0.6 is 0 Å². The average molecular weight is 398 g/mol. The predicted molar refractivity (Wildman–Crippen MR) is 118 cm³/mol. The van der Waals surface area contributed by atoms with Crippen molar-refractivity contribution in [1.29, 1.82) is 0 Å². The summed E-state index contributed by atoms with van der Waals surface area (Å²) in [6, 6.07) is 0.887. The highest BCUT2D eigenvalue weighted by atomic mass is 16.3. The van der Waals surface area contributed by atoms with Crippen molar-refractivity contribution < 1.29 is 5.11 Å². The normalized spacial score (nSPS) is 57.0. The number of fused-ring (bicyclic) bond motifs is 8. The maximum absolute atomic E-state index is 10.3. The first-order chi connectivity index (χ1) is 14.0. The third-order valence-electron chi connectivity index (χ3n) is 11.4. The van der Waals surface area contributed by atoms with Crippen molar-refractivity contribution in [3.05, 3.63) is 11.6 Å². The highest BCUT2D eigenvalue weighted by Gasteiger charge is 2.59. The van der Waals surface area contributed by atoms with Crippen molar-refractivity contribution in [2.24, 2.45) is 52.8 Å². The first-order valence-corrected chi connectivity index (χ1v) is 13.1. The van der Waals surface area contributed by atoms with Crippen LogP contribution in [-0.4, -0.2) is 35.2 Å². The van der Waals surface area contributed by atoms with E-state index in [1.807, 2.05) is 0 Å². The van der Waals surface area contributed by atoms with Crippen molar-refractivity contribution in [3.63, 3.8) is 0 Å². The molecule has 0 aromatic carbocycles. The van der Waals surface area contributed by atoms with Gasteiger partial charge in [-0.2, -0.15) is 0 Å². The van der Waals surface area contributed by atoms with Gasteiger partial charge >= 0.3 is 0 Å². The summed E-state index contributed by atoms with van der Waals surface area (Å²) in [5.41, 5.74) is 2.03. The average Bonchev–Trinajstić information content (AvgIpc) is 3.09. The van der Waals surface area contributed by atoms with E-state index in [1.165, 1.54) is 58.0 Å². The summed E-state index contributed by atoms with van der Waals surface area (Å²) in [4.78, 5) is 2.95. The highest BCUT2D eigenvalue weighted by molar-refractivity contribution is 5.25. The molecule has 0 aromatic rings. The smallest absolute Gasteiger partial charge is 0.0577 e. The van der Waals surface area contributed by atoms with Crippen LogP contribution in [0, 0.1) is 52.8 Å². The minimum absolute atomic E-state index is 0.0730. The number of hydrogen-bond acceptors (Lipinski definition) is 2. The molecular weight excluding hydrogens is 354 g/mol. The lowest BCUT2D eigenvalue weighted by Gasteiger charge is -2.56. The van der Waals surface area contributed by atoms with Crippen molar-refractivity contribution in [2.45, 2.75) is 90.7 Å². The molecule has 0 unspecified atom stereocenters. The van der Waals surface area contributed by atoms with E-state index in [9.17, 15) is 5.11 Å². The molecule has 162 valence electrons. The Balaban J connectivity index is 1.27. The van der Waals surface area contributed by atoms with Gasteiger partial charge in [0, 0.05) is 19.1 Å². The second-order valence-electron chi connectivity index (χ2n) is 12.6. The van der Waals surface area contributed by atoms with Crippen molar-refractivity contribution in [3.8, 4) is 0 Å². The molecule has 2 nitrogen and oxygen atoms in total. The van der Waals surface area contributed by atoms with Crippen LogP contribution in [-0.2, 0) is 0 Å². The van der Waals surface area contributed by atoms with Crippen LogP contribution in [0.2, 0.25) is 0 Å². The molecule has 2 heterocycles. The van der Waals surface area contributed by atoms with Gasteiger partial charge < -0.3 is 5.11 Å². The molecule has 1 N–H and O–H groups in total. The zero-order chi connectivity index (χ0) is 19.9. The second-order valence-corrected chi connectivity index (χ2v) is 12.6. The lowest BCUT2D eigenvalue weighted by Crippen LogP contribution is -2.58. The van der Waals surface area contributed by atoms with Gasteiger partial charge in [-0.15, -0.1) is 0 Å². The van der Waals surface area contributed by atoms with Gasteiger partial charge in [0.1, 0.15) is 0 Å². The van der Waals surface area contributed by atoms with E-state index in [2.05, 4.69) is 31.7 Å². The van der Waals surface area contributed by atoms with Gasteiger partial charge in [-0.05, 0) is 111 Å². The molecule has 0 amide bonds. The molecule has 3 saturated carbocycles. The summed E-state index contributed by atoms with van der Waals surface area (Å²) in [7, 11) is 0. The fourth-order valence-electron chi connectivity index (χ4n) is 9.95. The number of nitrogens with zero attached hydrogens (tertiary/aromatic N) is 1. The summed E-state index contributed by atoms with van der Waals surface area (Å²) in [5, 5.41) is 10.3. The molecule has 6 aliphatic rings. The molecule has 0 radical (unpaired) electrons. The van der Waals surface area contributed by atoms with Crippen LogP contribution in [0.15, 0.2) is 11.6 Å². The second kappa shape index (κ2) is 6.83. The Morgan fingerprint density at radius 2 is 1.76 bits per heavy atom. The predicted octanol–water partition coefficient (Wildman–Crippen LogP) is 5.51. The van der Waals surface area contributed by atoms with Crippen LogP contribution in [0.1, 0.15) is 78.6 Å². The van der Waals surface area contributed by atoms with E-state index >= 15 is 0 Å². The van der Waals surface area contributed by atoms with Crippen molar-refractivity contribution in [2.75, 3.05) is 13.1 Å². The van der Waals surface area contributed by atoms with E-state index in [0.29, 0.717) is 5.41 Å². The third kappa shape index (κ3) is 2.80. The van der Waals surface area contributed by atoms with Gasteiger partial charge in [-0.1, -0.05) is 32.4 Å². The third-order valence-corrected chi connectivity index (χ3v) is 11.4. The number of hydrogen-bond donors (Lipinski definition) is 1. The summed E-state index contributed by atoms with van der Waals surface area (Å²) in [6.07, 6.45) is 14.5. The Bertz CT molecular complexity index is 684. The van der Waals surface area contributed by atoms with E-state index < -0.39 is 0 Å². The molecule has 2 saturated heterocycles. The Morgan fingerprint density at radius 3 is 2.62 bits per heavy atom. The van der Waals surface area contributed by atoms with Gasteiger partial charge in [0.2, 0.25) is 0 Å². The Hall–Kier alpha value is -0.340. The van der Waals surface area contributed by atoms with E-state index in [1.54, 1.807) is 5.57 Å². The molecule has 4 aliphatic carbocycles. The SMILES string of the molecule is C[C@H]1CC[C@H]2[C@@H](C)[C@H]3CC[C@@H]4[C@@H](C[C@@H]5[C@@H]4CC=C4C[C@@H](O)CC[C@@]45C)[C@@H]3CN2C1. The first-order valence-electron chi connectivity index (χ1n) is 13.1. The molecule has 0 spiro atoms. The lowest BCUT2D eigenvalue weighted by molar-refractivity contribution is -0.0715. The Kier molecular flexibility index (Phi) is 4.56. The zero-order valence-electron chi connectivity index (χ0n) is 19.0. The van der Waals surface area contributed by atoms with Crippen LogP contribution < -0.4 is 0 Å². The summed E-state index contributed by atoms with van der Waals surface area (Å²) < 4.78 is 0. The molecule has 2 aliphatic heterocycles. The monoisotopic (exact) mass is 397 g/mol. The van der Waals surface area contributed by atoms with Gasteiger partial charge in [-0.25, -0.2) is 0 Å². The minimum Gasteiger partial charge on any atom is -0.393 e. The topological polar surface area (TPSA) is 23.5 Å². The molecule has 2 heteroatoms. The number of allylic oxidation sites excluding steroid dienone is 1. The summed E-state index contributed by atoms with van der Waals surface area (Å²) in [6.45, 7) is 10.5. The van der Waals surface area contributed by atoms with Crippen LogP contribution in [0.5, 0.6) is 0 Å². The maximum atomic E-state index is 10.3. The molecule has 11 atom stereocenters. The van der Waals surface area contributed by atoms with Gasteiger partial charge in [0.25, 0.3) is 0 Å². The molecule has 29 heavy (non-hydrogen) atoms. The van der Waals surface area contributed by atoms with Crippen LogP contribution in [0.4, 0.5) is 0 Å². The standard InChI is InChI=1S/C27H43NO/c1-16-4-9-26-17(2)20-7-8-21-22-6-5-18-12-19(29)10-11-27(18,3)25(22)13-23(21)24(20)15-28(26)14-16/h5,16-17,19-26,29H,4,6-15H2,1-3H3/t16-,17-,19-,20+,21-,22+,23+,24+,25+,26-,27-/m0/s1. The number of aliphatic hydroxyl groups excluding tert-OH is 1. The fraction of sp³-hybridized carbons (Fsp3) is 0.926. The molecule has 6 rings (SSSR count). The Morgan fingerprint density at radius 1 is 0.931 bits per heavy atom. The van der Waals surface area contributed by atoms with Gasteiger partial charge in [0.05, 0.1) is 6.10 Å². The molecule has 0 aromatic heterocycles. The van der Waals surface area contributed by atoms with E-state index in [-0.39, 0.29) is 6.10 Å². The van der Waals surface area contributed by atoms with Crippen molar-refractivity contribution >= 4 is 0 Å². The fourth-order valence-corrected chi connectivity index (χ4v) is 9.95. The largest absolute Gasteiger partial charge is 0.393 e. The van der Waals surface area contributed by atoms with Gasteiger partial charge in [0.15, 0.2) is 0 Å². The van der Waals surface area contributed by atoms with Crippen LogP contribution in [0.25, 0.3) is 0 Å². The van der Waals surface area contributed by atoms with E-state index in [4.69, 9.17) is 0 Å². The first kappa shape index (κ1) is 19.4. The Labute approximate surface area is 178 Å². The van der Waals surface area contributed by atoms with E-state index in [0.717, 1.165) is 66.2 Å². The molecule has 5 fully saturated rings. The summed E-state index contributed by atoms with van der Waals surface area (Å²) in [5.74, 6) is 7.61. The molecular formula is C27H43NO. The highest BCUT2D eigenvalue weighted by Crippen LogP contribution is 2.65. The van der Waals surface area contributed by atoms with Crippen molar-refractivity contribution in [1.82, 2.24) is 4.90 Å². The lowest BCUT2D eigenvalue weighted by atomic mass is 9.56. The summed E-state index contributed by atoms with van der Waals surface area (Å²) >= 11 is 0. The van der Waals surface area contributed by atoms with Crippen LogP contribution in [0.3, 0.4) is 0 Å². The quantitative estimate of drug-likeness (QED) is 0.545. The number of rotatable bonds is 0. The zero-order valence-corrected chi connectivity index (χ0v) is 19.0. The number of piperidine rings is 2. The maximum Gasteiger partial charge on any atom is 0.0577 e.